The highest BCUT2D eigenvalue weighted by Crippen LogP contribution is 2.23. The van der Waals surface area contributed by atoms with Crippen LogP contribution >= 0.6 is 11.6 Å². The summed E-state index contributed by atoms with van der Waals surface area (Å²) in [5, 5.41) is 0.602. The van der Waals surface area contributed by atoms with Gasteiger partial charge in [0.05, 0.1) is 6.54 Å². The van der Waals surface area contributed by atoms with Gasteiger partial charge in [0.15, 0.2) is 11.2 Å². The molecule has 0 radical (unpaired) electrons. The summed E-state index contributed by atoms with van der Waals surface area (Å²) < 4.78 is 3.14. The van der Waals surface area contributed by atoms with Crippen molar-refractivity contribution in [2.75, 3.05) is 31.1 Å². The second-order valence-electron chi connectivity index (χ2n) is 7.11. The molecule has 1 aliphatic rings. The van der Waals surface area contributed by atoms with Gasteiger partial charge in [-0.05, 0) is 17.7 Å². The van der Waals surface area contributed by atoms with Gasteiger partial charge in [0.1, 0.15) is 0 Å². The number of benzene rings is 1. The largest absolute Gasteiger partial charge is 0.339 e. The molecule has 1 aliphatic heterocycles. The molecule has 1 saturated heterocycles. The van der Waals surface area contributed by atoms with Crippen molar-refractivity contribution in [3.63, 3.8) is 0 Å². The van der Waals surface area contributed by atoms with Crippen molar-refractivity contribution in [3.8, 4) is 0 Å². The number of aromatic amines is 1. The van der Waals surface area contributed by atoms with Crippen LogP contribution in [0.4, 0.5) is 5.95 Å². The lowest BCUT2D eigenvalue weighted by Gasteiger charge is -2.35. The van der Waals surface area contributed by atoms with E-state index in [9.17, 15) is 14.4 Å². The molecule has 1 aromatic carbocycles. The molecule has 9 nitrogen and oxygen atoms in total. The maximum atomic E-state index is 12.6. The lowest BCUT2D eigenvalue weighted by molar-refractivity contribution is -0.129. The minimum atomic E-state index is -0.511. The molecule has 152 valence electrons. The van der Waals surface area contributed by atoms with E-state index in [2.05, 4.69) is 9.97 Å². The van der Waals surface area contributed by atoms with Crippen LogP contribution in [0.5, 0.6) is 0 Å². The zero-order chi connectivity index (χ0) is 20.7. The minimum Gasteiger partial charge on any atom is -0.339 e. The van der Waals surface area contributed by atoms with Gasteiger partial charge in [-0.3, -0.25) is 23.7 Å². The molecule has 0 aliphatic carbocycles. The summed E-state index contributed by atoms with van der Waals surface area (Å²) in [6.45, 7) is 4.25. The standard InChI is InChI=1S/C19H21ClN6O3/c1-12(27)24-6-8-25(9-7-24)18-21-16-15(17(28)22-19(29)23(16)2)26(18)11-13-4-3-5-14(20)10-13/h3-5,10H,6-9,11H2,1-2H3,(H,22,28,29). The predicted molar refractivity (Wildman–Crippen MR) is 111 cm³/mol. The van der Waals surface area contributed by atoms with Crippen LogP contribution in [0.25, 0.3) is 11.2 Å². The number of aryl methyl sites for hydroxylation is 1. The number of fused-ring (bicyclic) bond motifs is 1. The fraction of sp³-hybridized carbons (Fsp3) is 0.368. The summed E-state index contributed by atoms with van der Waals surface area (Å²) >= 11 is 6.13. The van der Waals surface area contributed by atoms with Gasteiger partial charge in [-0.1, -0.05) is 23.7 Å². The molecule has 1 fully saturated rings. The first-order chi connectivity index (χ1) is 13.8. The van der Waals surface area contributed by atoms with E-state index >= 15 is 0 Å². The van der Waals surface area contributed by atoms with Gasteiger partial charge >= 0.3 is 5.69 Å². The molecule has 4 rings (SSSR count). The number of hydrogen-bond donors (Lipinski definition) is 1. The third-order valence-electron chi connectivity index (χ3n) is 5.22. The topological polar surface area (TPSA) is 96.2 Å². The van der Waals surface area contributed by atoms with Crippen LogP contribution < -0.4 is 16.1 Å². The number of rotatable bonds is 3. The Morgan fingerprint density at radius 2 is 1.93 bits per heavy atom. The minimum absolute atomic E-state index is 0.0379. The molecule has 0 bridgehead atoms. The molecule has 10 heteroatoms. The molecule has 29 heavy (non-hydrogen) atoms. The zero-order valence-corrected chi connectivity index (χ0v) is 16.9. The molecule has 3 aromatic rings. The number of carbonyl (C=O) groups excluding carboxylic acids is 1. The average Bonchev–Trinajstić information content (AvgIpc) is 3.06. The van der Waals surface area contributed by atoms with Crippen LogP contribution in [0.3, 0.4) is 0 Å². The number of H-pyrrole nitrogens is 1. The van der Waals surface area contributed by atoms with Gasteiger partial charge in [0.25, 0.3) is 5.56 Å². The van der Waals surface area contributed by atoms with Crippen molar-refractivity contribution in [2.24, 2.45) is 7.05 Å². The van der Waals surface area contributed by atoms with Crippen LogP contribution in [-0.4, -0.2) is 56.1 Å². The maximum Gasteiger partial charge on any atom is 0.329 e. The smallest absolute Gasteiger partial charge is 0.329 e. The molecule has 1 N–H and O–H groups in total. The number of amides is 1. The Labute approximate surface area is 171 Å². The molecule has 2 aromatic heterocycles. The van der Waals surface area contributed by atoms with Crippen LogP contribution in [0, 0.1) is 0 Å². The van der Waals surface area contributed by atoms with E-state index in [0.29, 0.717) is 54.9 Å². The van der Waals surface area contributed by atoms with E-state index in [4.69, 9.17) is 11.6 Å². The van der Waals surface area contributed by atoms with Crippen molar-refractivity contribution < 1.29 is 4.79 Å². The molecule has 0 unspecified atom stereocenters. The number of piperazine rings is 1. The van der Waals surface area contributed by atoms with Gasteiger partial charge in [0.2, 0.25) is 11.9 Å². The number of hydrogen-bond acceptors (Lipinski definition) is 5. The number of nitrogens with zero attached hydrogens (tertiary/aromatic N) is 5. The Morgan fingerprint density at radius 3 is 2.59 bits per heavy atom. The lowest BCUT2D eigenvalue weighted by atomic mass is 10.2. The van der Waals surface area contributed by atoms with E-state index in [0.717, 1.165) is 5.56 Å². The van der Waals surface area contributed by atoms with Crippen LogP contribution in [-0.2, 0) is 18.4 Å². The van der Waals surface area contributed by atoms with Crippen molar-refractivity contribution >= 4 is 34.6 Å². The van der Waals surface area contributed by atoms with Crippen molar-refractivity contribution in [1.82, 2.24) is 24.0 Å². The normalized spacial score (nSPS) is 14.6. The first-order valence-corrected chi connectivity index (χ1v) is 9.67. The van der Waals surface area contributed by atoms with Crippen molar-refractivity contribution in [1.29, 1.82) is 0 Å². The fourth-order valence-corrected chi connectivity index (χ4v) is 3.87. The summed E-state index contributed by atoms with van der Waals surface area (Å²) in [7, 11) is 1.58. The van der Waals surface area contributed by atoms with E-state index in [1.807, 2.05) is 27.7 Å². The Balaban J connectivity index is 1.84. The SMILES string of the molecule is CC(=O)N1CCN(c2nc3c(c(=O)[nH]c(=O)n3C)n2Cc2cccc(Cl)c2)CC1. The predicted octanol–water partition coefficient (Wildman–Crippen LogP) is 0.794. The Hall–Kier alpha value is -3.07. The number of imidazole rings is 1. The van der Waals surface area contributed by atoms with Crippen molar-refractivity contribution in [3.05, 3.63) is 55.7 Å². The summed E-state index contributed by atoms with van der Waals surface area (Å²) in [6.07, 6.45) is 0. The number of carbonyl (C=O) groups is 1. The Kier molecular flexibility index (Phi) is 4.91. The highest BCUT2D eigenvalue weighted by atomic mass is 35.5. The van der Waals surface area contributed by atoms with Gasteiger partial charge < -0.3 is 9.80 Å². The summed E-state index contributed by atoms with van der Waals surface area (Å²) in [6, 6.07) is 7.39. The highest BCUT2D eigenvalue weighted by Gasteiger charge is 2.25. The molecule has 0 atom stereocenters. The molecular formula is C19H21ClN6O3. The number of anilines is 1. The molecule has 1 amide bonds. The second-order valence-corrected chi connectivity index (χ2v) is 7.55. The summed E-state index contributed by atoms with van der Waals surface area (Å²) in [5.74, 6) is 0.630. The first kappa shape index (κ1) is 19.3. The van der Waals surface area contributed by atoms with Crippen molar-refractivity contribution in [2.45, 2.75) is 13.5 Å². The molecule has 3 heterocycles. The van der Waals surface area contributed by atoms with E-state index in [1.165, 1.54) is 4.57 Å². The number of aromatic nitrogens is 4. The van der Waals surface area contributed by atoms with Crippen LogP contribution in [0.1, 0.15) is 12.5 Å². The molecule has 0 spiro atoms. The van der Waals surface area contributed by atoms with E-state index < -0.39 is 11.2 Å². The van der Waals surface area contributed by atoms with E-state index in [1.54, 1.807) is 24.9 Å². The third kappa shape index (κ3) is 3.53. The number of nitrogens with one attached hydrogen (secondary N) is 1. The third-order valence-corrected chi connectivity index (χ3v) is 5.46. The fourth-order valence-electron chi connectivity index (χ4n) is 3.65. The average molecular weight is 417 g/mol. The van der Waals surface area contributed by atoms with Gasteiger partial charge in [-0.2, -0.15) is 4.98 Å². The first-order valence-electron chi connectivity index (χ1n) is 9.29. The number of halogens is 1. The van der Waals surface area contributed by atoms with Crippen LogP contribution in [0.2, 0.25) is 5.02 Å². The maximum absolute atomic E-state index is 12.6. The Morgan fingerprint density at radius 1 is 1.21 bits per heavy atom. The molecular weight excluding hydrogens is 396 g/mol. The molecule has 0 saturated carbocycles. The quantitative estimate of drug-likeness (QED) is 0.681. The van der Waals surface area contributed by atoms with Crippen LogP contribution in [0.15, 0.2) is 33.9 Å². The van der Waals surface area contributed by atoms with Gasteiger partial charge in [-0.15, -0.1) is 0 Å². The van der Waals surface area contributed by atoms with Gasteiger partial charge in [0, 0.05) is 45.2 Å². The monoisotopic (exact) mass is 416 g/mol. The second kappa shape index (κ2) is 7.40. The van der Waals surface area contributed by atoms with E-state index in [-0.39, 0.29) is 5.91 Å². The van der Waals surface area contributed by atoms with Gasteiger partial charge in [-0.25, -0.2) is 4.79 Å². The highest BCUT2D eigenvalue weighted by molar-refractivity contribution is 6.30. The summed E-state index contributed by atoms with van der Waals surface area (Å²) in [4.78, 5) is 47.1. The zero-order valence-electron chi connectivity index (χ0n) is 16.2. The Bertz CT molecular complexity index is 1200. The lowest BCUT2D eigenvalue weighted by Crippen LogP contribution is -2.48. The summed E-state index contributed by atoms with van der Waals surface area (Å²) in [5.41, 5.74) is 0.573.